The number of carbonyl (C=O) groups is 1. The zero-order valence-electron chi connectivity index (χ0n) is 10.3. The summed E-state index contributed by atoms with van der Waals surface area (Å²) in [5.74, 6) is 0.578. The summed E-state index contributed by atoms with van der Waals surface area (Å²) in [5, 5.41) is 2.82. The smallest absolute Gasteiger partial charge is 0.255 e. The van der Waals surface area contributed by atoms with Crippen molar-refractivity contribution in [3.05, 3.63) is 53.9 Å². The molecule has 2 rings (SSSR count). The van der Waals surface area contributed by atoms with E-state index in [0.717, 1.165) is 17.1 Å². The molecule has 4 nitrogen and oxygen atoms in total. The van der Waals surface area contributed by atoms with Crippen LogP contribution in [0, 0.1) is 6.92 Å². The zero-order valence-corrected chi connectivity index (χ0v) is 10.3. The average Bonchev–Trinajstić information content (AvgIpc) is 2.39. The molecule has 92 valence electrons. The van der Waals surface area contributed by atoms with Crippen molar-refractivity contribution in [3.8, 4) is 5.75 Å². The van der Waals surface area contributed by atoms with Gasteiger partial charge in [0.05, 0.1) is 7.11 Å². The molecule has 1 amide bonds. The number of methoxy groups -OCH3 is 1. The summed E-state index contributed by atoms with van der Waals surface area (Å²) in [4.78, 5) is 16.0. The molecule has 0 unspecified atom stereocenters. The summed E-state index contributed by atoms with van der Waals surface area (Å²) < 4.78 is 5.04. The zero-order chi connectivity index (χ0) is 13.0. The van der Waals surface area contributed by atoms with E-state index in [0.29, 0.717) is 5.56 Å². The number of ether oxygens (including phenoxy) is 1. The molecule has 0 spiro atoms. The Kier molecular flexibility index (Phi) is 3.57. The van der Waals surface area contributed by atoms with Crippen LogP contribution in [-0.2, 0) is 0 Å². The van der Waals surface area contributed by atoms with E-state index in [1.54, 1.807) is 43.6 Å². The van der Waals surface area contributed by atoms with Crippen LogP contribution in [0.15, 0.2) is 42.6 Å². The summed E-state index contributed by atoms with van der Waals surface area (Å²) in [7, 11) is 1.59. The third-order valence-electron chi connectivity index (χ3n) is 2.51. The highest BCUT2D eigenvalue weighted by Crippen LogP contribution is 2.13. The number of pyridine rings is 1. The van der Waals surface area contributed by atoms with Crippen LogP contribution in [0.3, 0.4) is 0 Å². The van der Waals surface area contributed by atoms with E-state index in [-0.39, 0.29) is 5.91 Å². The number of anilines is 1. The molecule has 0 aliphatic heterocycles. The standard InChI is InChI=1S/C14H14N2O2/c1-10-9-12(7-8-15-10)16-14(17)11-3-5-13(18-2)6-4-11/h3-9H,1-2H3,(H,15,16,17). The molecule has 0 fully saturated rings. The molecular formula is C14H14N2O2. The maximum atomic E-state index is 12.0. The molecule has 18 heavy (non-hydrogen) atoms. The number of rotatable bonds is 3. The van der Waals surface area contributed by atoms with E-state index >= 15 is 0 Å². The van der Waals surface area contributed by atoms with Crippen molar-refractivity contribution >= 4 is 11.6 Å². The first-order valence-electron chi connectivity index (χ1n) is 5.57. The van der Waals surface area contributed by atoms with Gasteiger partial charge in [-0.2, -0.15) is 0 Å². The van der Waals surface area contributed by atoms with E-state index in [1.165, 1.54) is 0 Å². The lowest BCUT2D eigenvalue weighted by atomic mass is 10.2. The predicted molar refractivity (Wildman–Crippen MR) is 69.9 cm³/mol. The third kappa shape index (κ3) is 2.85. The summed E-state index contributed by atoms with van der Waals surface area (Å²) in [6.45, 7) is 1.88. The first-order chi connectivity index (χ1) is 8.69. The number of aromatic nitrogens is 1. The molecule has 2 aromatic rings. The van der Waals surface area contributed by atoms with Crippen LogP contribution in [0.25, 0.3) is 0 Å². The van der Waals surface area contributed by atoms with Crippen LogP contribution in [-0.4, -0.2) is 18.0 Å². The lowest BCUT2D eigenvalue weighted by molar-refractivity contribution is 0.102. The second-order valence-corrected chi connectivity index (χ2v) is 3.87. The number of aryl methyl sites for hydroxylation is 1. The molecule has 1 aromatic carbocycles. The van der Waals surface area contributed by atoms with Gasteiger partial charge in [-0.05, 0) is 43.3 Å². The second kappa shape index (κ2) is 5.31. The lowest BCUT2D eigenvalue weighted by Crippen LogP contribution is -2.11. The van der Waals surface area contributed by atoms with Crippen molar-refractivity contribution < 1.29 is 9.53 Å². The van der Waals surface area contributed by atoms with Crippen LogP contribution in [0.1, 0.15) is 16.1 Å². The highest BCUT2D eigenvalue weighted by molar-refractivity contribution is 6.04. The molecule has 0 radical (unpaired) electrons. The maximum Gasteiger partial charge on any atom is 0.255 e. The Morgan fingerprint density at radius 1 is 1.22 bits per heavy atom. The molecule has 0 saturated heterocycles. The topological polar surface area (TPSA) is 51.2 Å². The molecule has 0 aliphatic carbocycles. The minimum Gasteiger partial charge on any atom is -0.497 e. The Morgan fingerprint density at radius 3 is 2.56 bits per heavy atom. The summed E-state index contributed by atoms with van der Waals surface area (Å²) >= 11 is 0. The molecule has 1 N–H and O–H groups in total. The summed E-state index contributed by atoms with van der Waals surface area (Å²) in [6, 6.07) is 10.5. The van der Waals surface area contributed by atoms with E-state index in [9.17, 15) is 4.79 Å². The van der Waals surface area contributed by atoms with Gasteiger partial charge in [0.15, 0.2) is 0 Å². The molecule has 1 aromatic heterocycles. The Morgan fingerprint density at radius 2 is 1.94 bits per heavy atom. The van der Waals surface area contributed by atoms with Crippen LogP contribution in [0.5, 0.6) is 5.75 Å². The highest BCUT2D eigenvalue weighted by Gasteiger charge is 2.06. The van der Waals surface area contributed by atoms with Crippen molar-refractivity contribution in [2.75, 3.05) is 12.4 Å². The fourth-order valence-electron chi connectivity index (χ4n) is 1.57. The molecule has 0 bridgehead atoms. The number of nitrogens with one attached hydrogen (secondary N) is 1. The molecule has 0 atom stereocenters. The first kappa shape index (κ1) is 12.1. The van der Waals surface area contributed by atoms with Gasteiger partial charge in [-0.3, -0.25) is 9.78 Å². The normalized spacial score (nSPS) is 9.89. The molecule has 4 heteroatoms. The minimum atomic E-state index is -0.150. The monoisotopic (exact) mass is 242 g/mol. The Labute approximate surface area is 106 Å². The van der Waals surface area contributed by atoms with Gasteiger partial charge in [-0.1, -0.05) is 0 Å². The second-order valence-electron chi connectivity index (χ2n) is 3.87. The molecule has 1 heterocycles. The molecule has 0 saturated carbocycles. The van der Waals surface area contributed by atoms with Gasteiger partial charge in [0.1, 0.15) is 5.75 Å². The van der Waals surface area contributed by atoms with Crippen LogP contribution < -0.4 is 10.1 Å². The largest absolute Gasteiger partial charge is 0.497 e. The van der Waals surface area contributed by atoms with E-state index in [1.807, 2.05) is 13.0 Å². The van der Waals surface area contributed by atoms with Gasteiger partial charge in [0, 0.05) is 23.1 Å². The fraction of sp³-hybridized carbons (Fsp3) is 0.143. The minimum absolute atomic E-state index is 0.150. The van der Waals surface area contributed by atoms with Gasteiger partial charge in [0.25, 0.3) is 5.91 Å². The third-order valence-corrected chi connectivity index (χ3v) is 2.51. The van der Waals surface area contributed by atoms with Gasteiger partial charge in [-0.15, -0.1) is 0 Å². The molecular weight excluding hydrogens is 228 g/mol. The first-order valence-corrected chi connectivity index (χ1v) is 5.57. The van der Waals surface area contributed by atoms with Gasteiger partial charge >= 0.3 is 0 Å². The van der Waals surface area contributed by atoms with Crippen LogP contribution >= 0.6 is 0 Å². The van der Waals surface area contributed by atoms with Crippen molar-refractivity contribution in [3.63, 3.8) is 0 Å². The Balaban J connectivity index is 2.11. The van der Waals surface area contributed by atoms with Crippen LogP contribution in [0.4, 0.5) is 5.69 Å². The fourth-order valence-corrected chi connectivity index (χ4v) is 1.57. The lowest BCUT2D eigenvalue weighted by Gasteiger charge is -2.06. The SMILES string of the molecule is COc1ccc(C(=O)Nc2ccnc(C)c2)cc1. The summed E-state index contributed by atoms with van der Waals surface area (Å²) in [6.07, 6.45) is 1.67. The molecule has 0 aliphatic rings. The number of hydrogen-bond donors (Lipinski definition) is 1. The number of nitrogens with zero attached hydrogens (tertiary/aromatic N) is 1. The van der Waals surface area contributed by atoms with Gasteiger partial charge < -0.3 is 10.1 Å². The summed E-state index contributed by atoms with van der Waals surface area (Å²) in [5.41, 5.74) is 2.19. The highest BCUT2D eigenvalue weighted by atomic mass is 16.5. The number of hydrogen-bond acceptors (Lipinski definition) is 3. The predicted octanol–water partition coefficient (Wildman–Crippen LogP) is 2.65. The van der Waals surface area contributed by atoms with Crippen molar-refractivity contribution in [1.29, 1.82) is 0 Å². The van der Waals surface area contributed by atoms with Gasteiger partial charge in [-0.25, -0.2) is 0 Å². The van der Waals surface area contributed by atoms with E-state index in [4.69, 9.17) is 4.74 Å². The Bertz CT molecular complexity index is 550. The quantitative estimate of drug-likeness (QED) is 0.900. The van der Waals surface area contributed by atoms with Crippen molar-refractivity contribution in [2.24, 2.45) is 0 Å². The average molecular weight is 242 g/mol. The van der Waals surface area contributed by atoms with Crippen molar-refractivity contribution in [1.82, 2.24) is 4.98 Å². The number of amides is 1. The number of benzene rings is 1. The van der Waals surface area contributed by atoms with E-state index < -0.39 is 0 Å². The van der Waals surface area contributed by atoms with Gasteiger partial charge in [0.2, 0.25) is 0 Å². The maximum absolute atomic E-state index is 12.0. The van der Waals surface area contributed by atoms with Crippen molar-refractivity contribution in [2.45, 2.75) is 6.92 Å². The van der Waals surface area contributed by atoms with E-state index in [2.05, 4.69) is 10.3 Å². The Hall–Kier alpha value is -2.36. The number of carbonyl (C=O) groups excluding carboxylic acids is 1. The van der Waals surface area contributed by atoms with Crippen LogP contribution in [0.2, 0.25) is 0 Å².